The van der Waals surface area contributed by atoms with Crippen molar-refractivity contribution in [2.24, 2.45) is 0 Å². The quantitative estimate of drug-likeness (QED) is 0.597. The zero-order valence-corrected chi connectivity index (χ0v) is 11.6. The number of benzene rings is 1. The molecule has 1 fully saturated rings. The van der Waals surface area contributed by atoms with E-state index >= 15 is 0 Å². The molecule has 1 aromatic rings. The van der Waals surface area contributed by atoms with Crippen molar-refractivity contribution in [1.29, 1.82) is 0 Å². The molecule has 1 amide bonds. The second-order valence-corrected chi connectivity index (χ2v) is 4.96. The molecule has 1 aliphatic heterocycles. The molecule has 4 N–H and O–H groups in total. The maximum Gasteiger partial charge on any atom is 0.339 e. The van der Waals surface area contributed by atoms with Gasteiger partial charge in [-0.1, -0.05) is 0 Å². The summed E-state index contributed by atoms with van der Waals surface area (Å²) in [5, 5.41) is 24.3. The Balaban J connectivity index is 1.95. The summed E-state index contributed by atoms with van der Waals surface area (Å²) in [5.41, 5.74) is 0.134. The van der Waals surface area contributed by atoms with Crippen molar-refractivity contribution in [2.45, 2.75) is 6.42 Å². The lowest BCUT2D eigenvalue weighted by Gasteiger charge is -2.18. The molecule has 0 radical (unpaired) electrons. The normalized spacial score (nSPS) is 16.2. The van der Waals surface area contributed by atoms with Gasteiger partial charge in [-0.05, 0) is 37.7 Å². The van der Waals surface area contributed by atoms with Crippen molar-refractivity contribution < 1.29 is 19.8 Å². The predicted octanol–water partition coefficient (Wildman–Crippen LogP) is 0.324. The van der Waals surface area contributed by atoms with Crippen LogP contribution in [0.2, 0.25) is 0 Å². The smallest absolute Gasteiger partial charge is 0.339 e. The van der Waals surface area contributed by atoms with Gasteiger partial charge in [-0.3, -0.25) is 9.69 Å². The molecule has 1 aliphatic rings. The van der Waals surface area contributed by atoms with Crippen LogP contribution in [-0.4, -0.2) is 59.7 Å². The highest BCUT2D eigenvalue weighted by molar-refractivity contribution is 5.96. The van der Waals surface area contributed by atoms with Crippen molar-refractivity contribution in [3.05, 3.63) is 23.8 Å². The van der Waals surface area contributed by atoms with Gasteiger partial charge in [0.2, 0.25) is 5.91 Å². The van der Waals surface area contributed by atoms with E-state index in [4.69, 9.17) is 5.11 Å². The first-order valence-electron chi connectivity index (χ1n) is 6.85. The van der Waals surface area contributed by atoms with Crippen LogP contribution >= 0.6 is 0 Å². The van der Waals surface area contributed by atoms with E-state index in [9.17, 15) is 14.7 Å². The van der Waals surface area contributed by atoms with E-state index in [1.165, 1.54) is 18.2 Å². The second-order valence-electron chi connectivity index (χ2n) is 4.96. The van der Waals surface area contributed by atoms with Crippen LogP contribution < -0.4 is 10.6 Å². The van der Waals surface area contributed by atoms with Crippen LogP contribution in [0.15, 0.2) is 18.2 Å². The highest BCUT2D eigenvalue weighted by Gasteiger charge is 2.14. The number of phenols is 1. The van der Waals surface area contributed by atoms with Gasteiger partial charge in [0.25, 0.3) is 0 Å². The summed E-state index contributed by atoms with van der Waals surface area (Å²) in [5.74, 6) is -1.75. The number of carbonyl (C=O) groups is 2. The molecule has 1 heterocycles. The maximum atomic E-state index is 12.0. The Morgan fingerprint density at radius 1 is 1.29 bits per heavy atom. The van der Waals surface area contributed by atoms with Gasteiger partial charge in [-0.2, -0.15) is 0 Å². The van der Waals surface area contributed by atoms with E-state index < -0.39 is 5.97 Å². The van der Waals surface area contributed by atoms with Crippen LogP contribution in [0, 0.1) is 0 Å². The SMILES string of the molecule is O=C(CN1CCCNCC1)Nc1ccc(O)c(C(=O)O)c1. The number of carbonyl (C=O) groups excluding carboxylic acids is 1. The van der Waals surface area contributed by atoms with E-state index in [-0.39, 0.29) is 23.8 Å². The molecule has 1 aromatic carbocycles. The summed E-state index contributed by atoms with van der Waals surface area (Å²) in [7, 11) is 0. The molecular weight excluding hydrogens is 274 g/mol. The first kappa shape index (κ1) is 15.3. The lowest BCUT2D eigenvalue weighted by atomic mass is 10.2. The Morgan fingerprint density at radius 3 is 2.86 bits per heavy atom. The first-order chi connectivity index (χ1) is 10.1. The Kier molecular flexibility index (Phi) is 5.13. The zero-order chi connectivity index (χ0) is 15.2. The van der Waals surface area contributed by atoms with Gasteiger partial charge in [-0.15, -0.1) is 0 Å². The molecule has 0 aromatic heterocycles. The highest BCUT2D eigenvalue weighted by atomic mass is 16.4. The Labute approximate surface area is 122 Å². The van der Waals surface area contributed by atoms with Crippen molar-refractivity contribution in [1.82, 2.24) is 10.2 Å². The minimum absolute atomic E-state index is 0.195. The molecule has 0 saturated carbocycles. The van der Waals surface area contributed by atoms with Crippen LogP contribution in [0.25, 0.3) is 0 Å². The molecule has 0 unspecified atom stereocenters. The molecule has 114 valence electrons. The topological polar surface area (TPSA) is 102 Å². The molecule has 7 nitrogen and oxygen atoms in total. The third-order valence-corrected chi connectivity index (χ3v) is 3.31. The van der Waals surface area contributed by atoms with E-state index in [2.05, 4.69) is 10.6 Å². The van der Waals surface area contributed by atoms with Gasteiger partial charge in [0.05, 0.1) is 6.54 Å². The maximum absolute atomic E-state index is 12.0. The number of amides is 1. The summed E-state index contributed by atoms with van der Waals surface area (Å²) in [4.78, 5) is 25.0. The minimum Gasteiger partial charge on any atom is -0.507 e. The molecular formula is C14H19N3O4. The van der Waals surface area contributed by atoms with Crippen LogP contribution in [0.5, 0.6) is 5.75 Å². The number of anilines is 1. The first-order valence-corrected chi connectivity index (χ1v) is 6.85. The third kappa shape index (κ3) is 4.44. The number of hydrogen-bond acceptors (Lipinski definition) is 5. The lowest BCUT2D eigenvalue weighted by Crippen LogP contribution is -2.35. The van der Waals surface area contributed by atoms with E-state index in [0.717, 1.165) is 32.6 Å². The number of aromatic carboxylic acids is 1. The van der Waals surface area contributed by atoms with E-state index in [0.29, 0.717) is 5.69 Å². The Hall–Kier alpha value is -2.12. The van der Waals surface area contributed by atoms with Gasteiger partial charge in [0.15, 0.2) is 0 Å². The van der Waals surface area contributed by atoms with E-state index in [1.54, 1.807) is 0 Å². The number of carboxylic acids is 1. The lowest BCUT2D eigenvalue weighted by molar-refractivity contribution is -0.117. The molecule has 2 rings (SSSR count). The summed E-state index contributed by atoms with van der Waals surface area (Å²) in [6.45, 7) is 3.75. The van der Waals surface area contributed by atoms with Crippen LogP contribution in [-0.2, 0) is 4.79 Å². The summed E-state index contributed by atoms with van der Waals surface area (Å²) in [6.07, 6.45) is 0.996. The number of hydrogen-bond donors (Lipinski definition) is 4. The van der Waals surface area contributed by atoms with Crippen molar-refractivity contribution in [2.75, 3.05) is 38.0 Å². The van der Waals surface area contributed by atoms with Gasteiger partial charge in [-0.25, -0.2) is 4.79 Å². The summed E-state index contributed by atoms with van der Waals surface area (Å²) >= 11 is 0. The van der Waals surface area contributed by atoms with E-state index in [1.807, 2.05) is 4.90 Å². The van der Waals surface area contributed by atoms with Crippen molar-refractivity contribution >= 4 is 17.6 Å². The Bertz CT molecular complexity index is 525. The number of nitrogens with zero attached hydrogens (tertiary/aromatic N) is 1. The number of rotatable bonds is 4. The molecule has 0 spiro atoms. The molecule has 0 bridgehead atoms. The predicted molar refractivity (Wildman–Crippen MR) is 77.6 cm³/mol. The number of carboxylic acid groups (broad SMARTS) is 1. The highest BCUT2D eigenvalue weighted by Crippen LogP contribution is 2.21. The number of nitrogens with one attached hydrogen (secondary N) is 2. The molecule has 1 saturated heterocycles. The largest absolute Gasteiger partial charge is 0.507 e. The van der Waals surface area contributed by atoms with Crippen molar-refractivity contribution in [3.8, 4) is 5.75 Å². The Morgan fingerprint density at radius 2 is 2.10 bits per heavy atom. The van der Waals surface area contributed by atoms with Gasteiger partial charge in [0.1, 0.15) is 11.3 Å². The van der Waals surface area contributed by atoms with Gasteiger partial charge < -0.3 is 20.8 Å². The van der Waals surface area contributed by atoms with Crippen LogP contribution in [0.1, 0.15) is 16.8 Å². The zero-order valence-electron chi connectivity index (χ0n) is 11.6. The average molecular weight is 293 g/mol. The molecule has 0 aliphatic carbocycles. The van der Waals surface area contributed by atoms with Gasteiger partial charge >= 0.3 is 5.97 Å². The fourth-order valence-electron chi connectivity index (χ4n) is 2.25. The third-order valence-electron chi connectivity index (χ3n) is 3.31. The number of aromatic hydroxyl groups is 1. The van der Waals surface area contributed by atoms with Crippen LogP contribution in [0.3, 0.4) is 0 Å². The molecule has 7 heteroatoms. The summed E-state index contributed by atoms with van der Waals surface area (Å²) < 4.78 is 0. The monoisotopic (exact) mass is 293 g/mol. The summed E-state index contributed by atoms with van der Waals surface area (Å²) in [6, 6.07) is 3.98. The fraction of sp³-hybridized carbons (Fsp3) is 0.429. The minimum atomic E-state index is -1.23. The molecule has 21 heavy (non-hydrogen) atoms. The van der Waals surface area contributed by atoms with Crippen LogP contribution in [0.4, 0.5) is 5.69 Å². The van der Waals surface area contributed by atoms with Gasteiger partial charge in [0, 0.05) is 18.8 Å². The fourth-order valence-corrected chi connectivity index (χ4v) is 2.25. The molecule has 0 atom stereocenters. The van der Waals surface area contributed by atoms with Crippen molar-refractivity contribution in [3.63, 3.8) is 0 Å². The standard InChI is InChI=1S/C14H19N3O4/c18-12-3-2-10(8-11(12)14(20)21)16-13(19)9-17-6-1-4-15-5-7-17/h2-3,8,15,18H,1,4-7,9H2,(H,16,19)(H,20,21). The average Bonchev–Trinajstić information content (AvgIpc) is 2.69. The second kappa shape index (κ2) is 7.05.